The Balaban J connectivity index is 2.70. The molecule has 5 heteroatoms. The third-order valence-electron chi connectivity index (χ3n) is 3.28. The van der Waals surface area contributed by atoms with Crippen LogP contribution in [0.1, 0.15) is 37.0 Å². The van der Waals surface area contributed by atoms with Gasteiger partial charge < -0.3 is 15.2 Å². The largest absolute Gasteiger partial charge is 0.465 e. The number of esters is 1. The predicted octanol–water partition coefficient (Wildman–Crippen LogP) is 2.08. The lowest BCUT2D eigenvalue weighted by molar-refractivity contribution is 0.0601. The second-order valence-corrected chi connectivity index (χ2v) is 4.42. The zero-order valence-electron chi connectivity index (χ0n) is 11.7. The van der Waals surface area contributed by atoms with E-state index in [1.54, 1.807) is 18.3 Å². The van der Waals surface area contributed by atoms with Crippen LogP contribution in [0.2, 0.25) is 0 Å². The molecular weight excluding hydrogens is 244 g/mol. The van der Waals surface area contributed by atoms with E-state index in [-0.39, 0.29) is 5.92 Å². The smallest absolute Gasteiger partial charge is 0.341 e. The molecule has 0 aliphatic carbocycles. The van der Waals surface area contributed by atoms with Crippen LogP contribution < -0.4 is 5.32 Å². The van der Waals surface area contributed by atoms with Crippen molar-refractivity contribution in [2.24, 2.45) is 5.92 Å². The summed E-state index contributed by atoms with van der Waals surface area (Å²) in [4.78, 5) is 15.7. The number of nitrogens with zero attached hydrogens (tertiary/aromatic N) is 1. The van der Waals surface area contributed by atoms with Gasteiger partial charge >= 0.3 is 5.97 Å². The number of pyridine rings is 1. The first-order valence-electron chi connectivity index (χ1n) is 6.59. The number of hydrogen-bond donors (Lipinski definition) is 2. The standard InChI is InChI=1S/C14H22N2O3/c1-4-10(5-2)12(17)9-16-13-11(14(18)19-3)7-6-8-15-13/h6-8,10,12,17H,4-5,9H2,1-3H3,(H,15,16). The minimum atomic E-state index is -0.456. The normalized spacial score (nSPS) is 12.3. The van der Waals surface area contributed by atoms with E-state index in [0.29, 0.717) is 17.9 Å². The first-order valence-corrected chi connectivity index (χ1v) is 6.59. The topological polar surface area (TPSA) is 71.5 Å². The summed E-state index contributed by atoms with van der Waals surface area (Å²) < 4.78 is 4.69. The summed E-state index contributed by atoms with van der Waals surface area (Å²) >= 11 is 0. The number of rotatable bonds is 7. The predicted molar refractivity (Wildman–Crippen MR) is 74.1 cm³/mol. The first kappa shape index (κ1) is 15.4. The van der Waals surface area contributed by atoms with Gasteiger partial charge in [-0.1, -0.05) is 26.7 Å². The van der Waals surface area contributed by atoms with E-state index in [1.165, 1.54) is 7.11 Å². The number of carbonyl (C=O) groups excluding carboxylic acids is 1. The molecule has 0 amide bonds. The van der Waals surface area contributed by atoms with Gasteiger partial charge in [0.25, 0.3) is 0 Å². The Morgan fingerprint density at radius 2 is 2.16 bits per heavy atom. The van der Waals surface area contributed by atoms with Crippen molar-refractivity contribution in [2.75, 3.05) is 19.0 Å². The zero-order chi connectivity index (χ0) is 14.3. The molecule has 1 rings (SSSR count). The lowest BCUT2D eigenvalue weighted by atomic mass is 9.96. The lowest BCUT2D eigenvalue weighted by Crippen LogP contribution is -2.28. The van der Waals surface area contributed by atoms with Crippen molar-refractivity contribution >= 4 is 11.8 Å². The molecule has 0 radical (unpaired) electrons. The molecule has 19 heavy (non-hydrogen) atoms. The second kappa shape index (κ2) is 7.74. The van der Waals surface area contributed by atoms with Crippen molar-refractivity contribution in [3.05, 3.63) is 23.9 Å². The van der Waals surface area contributed by atoms with E-state index in [2.05, 4.69) is 24.1 Å². The number of aliphatic hydroxyl groups is 1. The molecule has 0 saturated carbocycles. The molecule has 5 nitrogen and oxygen atoms in total. The molecule has 0 spiro atoms. The summed E-state index contributed by atoms with van der Waals surface area (Å²) in [5, 5.41) is 13.1. The van der Waals surface area contributed by atoms with Crippen LogP contribution in [-0.4, -0.2) is 35.8 Å². The van der Waals surface area contributed by atoms with Crippen LogP contribution >= 0.6 is 0 Å². The minimum Gasteiger partial charge on any atom is -0.465 e. The van der Waals surface area contributed by atoms with Gasteiger partial charge in [0.05, 0.1) is 13.2 Å². The monoisotopic (exact) mass is 266 g/mol. The Hall–Kier alpha value is -1.62. The summed E-state index contributed by atoms with van der Waals surface area (Å²) in [5.41, 5.74) is 0.377. The molecule has 0 aliphatic rings. The summed E-state index contributed by atoms with van der Waals surface area (Å²) in [6.45, 7) is 4.48. The van der Waals surface area contributed by atoms with Gasteiger partial charge in [-0.3, -0.25) is 0 Å². The van der Waals surface area contributed by atoms with E-state index in [4.69, 9.17) is 4.74 Å². The SMILES string of the molecule is CCC(CC)C(O)CNc1ncccc1C(=O)OC. The van der Waals surface area contributed by atoms with Crippen LogP contribution in [0.3, 0.4) is 0 Å². The van der Waals surface area contributed by atoms with Crippen LogP contribution in [0.15, 0.2) is 18.3 Å². The molecular formula is C14H22N2O3. The van der Waals surface area contributed by atoms with Gasteiger partial charge in [-0.05, 0) is 18.1 Å². The Labute approximate surface area is 114 Å². The van der Waals surface area contributed by atoms with Crippen LogP contribution in [0, 0.1) is 5.92 Å². The maximum Gasteiger partial charge on any atom is 0.341 e. The van der Waals surface area contributed by atoms with Gasteiger partial charge in [0.2, 0.25) is 0 Å². The van der Waals surface area contributed by atoms with E-state index < -0.39 is 12.1 Å². The van der Waals surface area contributed by atoms with E-state index in [9.17, 15) is 9.90 Å². The fourth-order valence-corrected chi connectivity index (χ4v) is 2.02. The number of methoxy groups -OCH3 is 1. The Morgan fingerprint density at radius 1 is 1.47 bits per heavy atom. The van der Waals surface area contributed by atoms with Crippen molar-refractivity contribution in [3.8, 4) is 0 Å². The summed E-state index contributed by atoms with van der Waals surface area (Å²) in [5.74, 6) is 0.254. The minimum absolute atomic E-state index is 0.248. The Morgan fingerprint density at radius 3 is 2.74 bits per heavy atom. The number of aromatic nitrogens is 1. The van der Waals surface area contributed by atoms with Crippen LogP contribution in [0.25, 0.3) is 0 Å². The highest BCUT2D eigenvalue weighted by molar-refractivity contribution is 5.94. The second-order valence-electron chi connectivity index (χ2n) is 4.42. The van der Waals surface area contributed by atoms with Crippen molar-refractivity contribution < 1.29 is 14.6 Å². The van der Waals surface area contributed by atoms with Crippen molar-refractivity contribution in [3.63, 3.8) is 0 Å². The Bertz CT molecular complexity index is 405. The number of hydrogen-bond acceptors (Lipinski definition) is 5. The summed E-state index contributed by atoms with van der Waals surface area (Å²) in [6.07, 6.45) is 2.98. The maximum atomic E-state index is 11.6. The molecule has 1 aromatic heterocycles. The summed E-state index contributed by atoms with van der Waals surface area (Å²) in [7, 11) is 1.33. The molecule has 0 fully saturated rings. The van der Waals surface area contributed by atoms with Crippen LogP contribution in [0.5, 0.6) is 0 Å². The zero-order valence-corrected chi connectivity index (χ0v) is 11.7. The number of ether oxygens (including phenoxy) is 1. The lowest BCUT2D eigenvalue weighted by Gasteiger charge is -2.21. The van der Waals surface area contributed by atoms with Crippen molar-refractivity contribution in [1.29, 1.82) is 0 Å². The van der Waals surface area contributed by atoms with Crippen LogP contribution in [0.4, 0.5) is 5.82 Å². The average molecular weight is 266 g/mol. The third kappa shape index (κ3) is 4.21. The van der Waals surface area contributed by atoms with Gasteiger partial charge in [-0.25, -0.2) is 9.78 Å². The summed E-state index contributed by atoms with van der Waals surface area (Å²) in [6, 6.07) is 3.32. The number of nitrogens with one attached hydrogen (secondary N) is 1. The molecule has 106 valence electrons. The highest BCUT2D eigenvalue weighted by Gasteiger charge is 2.17. The van der Waals surface area contributed by atoms with E-state index in [1.807, 2.05) is 0 Å². The molecule has 0 aliphatic heterocycles. The number of aliphatic hydroxyl groups excluding tert-OH is 1. The fraction of sp³-hybridized carbons (Fsp3) is 0.571. The van der Waals surface area contributed by atoms with E-state index in [0.717, 1.165) is 12.8 Å². The molecule has 1 heterocycles. The van der Waals surface area contributed by atoms with Crippen LogP contribution in [-0.2, 0) is 4.74 Å². The van der Waals surface area contributed by atoms with Gasteiger partial charge in [0, 0.05) is 12.7 Å². The molecule has 0 saturated heterocycles. The van der Waals surface area contributed by atoms with Crippen molar-refractivity contribution in [1.82, 2.24) is 4.98 Å². The van der Waals surface area contributed by atoms with Crippen molar-refractivity contribution in [2.45, 2.75) is 32.8 Å². The fourth-order valence-electron chi connectivity index (χ4n) is 2.02. The average Bonchev–Trinajstić information content (AvgIpc) is 2.45. The first-order chi connectivity index (χ1) is 9.13. The number of anilines is 1. The maximum absolute atomic E-state index is 11.6. The quantitative estimate of drug-likeness (QED) is 0.739. The highest BCUT2D eigenvalue weighted by Crippen LogP contribution is 2.16. The van der Waals surface area contributed by atoms with E-state index >= 15 is 0 Å². The molecule has 1 aromatic rings. The number of carbonyl (C=O) groups is 1. The van der Waals surface area contributed by atoms with Gasteiger partial charge in [0.15, 0.2) is 0 Å². The molecule has 0 aromatic carbocycles. The van der Waals surface area contributed by atoms with Gasteiger partial charge in [-0.2, -0.15) is 0 Å². The third-order valence-corrected chi connectivity index (χ3v) is 3.28. The molecule has 1 unspecified atom stereocenters. The molecule has 0 bridgehead atoms. The Kier molecular flexibility index (Phi) is 6.29. The highest BCUT2D eigenvalue weighted by atomic mass is 16.5. The van der Waals surface area contributed by atoms with Gasteiger partial charge in [0.1, 0.15) is 11.4 Å². The molecule has 2 N–H and O–H groups in total. The van der Waals surface area contributed by atoms with Gasteiger partial charge in [-0.15, -0.1) is 0 Å². The molecule has 1 atom stereocenters.